The molecule has 0 aliphatic carbocycles. The van der Waals surface area contributed by atoms with Crippen LogP contribution in [-0.4, -0.2) is 20.7 Å². The smallest absolute Gasteiger partial charge is 0.299 e. The summed E-state index contributed by atoms with van der Waals surface area (Å²) in [5.74, 6) is -0.567. The van der Waals surface area contributed by atoms with E-state index in [9.17, 15) is 25.0 Å². The highest BCUT2D eigenvalue weighted by molar-refractivity contribution is 6.05. The lowest BCUT2D eigenvalue weighted by Crippen LogP contribution is -2.13. The first kappa shape index (κ1) is 19.6. The van der Waals surface area contributed by atoms with Crippen LogP contribution in [0.2, 0.25) is 0 Å². The molecule has 0 atom stereocenters. The largest absolute Gasteiger partial charge is 0.316 e. The molecule has 29 heavy (non-hydrogen) atoms. The molecular weight excluding hydrogens is 376 g/mol. The average Bonchev–Trinajstić information content (AvgIpc) is 2.74. The molecule has 0 aliphatic rings. The van der Waals surface area contributed by atoms with E-state index in [-0.39, 0.29) is 11.3 Å². The van der Waals surface area contributed by atoms with E-state index in [2.05, 4.69) is 10.3 Å². The van der Waals surface area contributed by atoms with Crippen LogP contribution >= 0.6 is 0 Å². The number of non-ortho nitro benzene ring substituents is 1. The summed E-state index contributed by atoms with van der Waals surface area (Å²) in [5.41, 5.74) is 1.89. The number of nitro benzene ring substituents is 2. The number of amides is 1. The molecule has 2 aromatic carbocycles. The topological polar surface area (TPSA) is 128 Å². The van der Waals surface area contributed by atoms with E-state index >= 15 is 0 Å². The van der Waals surface area contributed by atoms with Crippen molar-refractivity contribution < 1.29 is 14.6 Å². The molecule has 0 aliphatic heterocycles. The predicted octanol–water partition coefficient (Wildman–Crippen LogP) is 4.38. The van der Waals surface area contributed by atoms with Gasteiger partial charge in [0.1, 0.15) is 5.69 Å². The van der Waals surface area contributed by atoms with Gasteiger partial charge in [-0.05, 0) is 36.2 Å². The molecule has 9 heteroatoms. The highest BCUT2D eigenvalue weighted by Gasteiger charge is 2.21. The zero-order valence-electron chi connectivity index (χ0n) is 15.4. The number of pyridine rings is 1. The molecule has 0 fully saturated rings. The SMILES string of the molecule is CCc1ccc(-c2ccc(C(=O)Nc3ccc([N+](=O)[O-])cc3[N+](=O)[O-])cc2)nc1. The third kappa shape index (κ3) is 4.41. The van der Waals surface area contributed by atoms with Crippen LogP contribution in [0.15, 0.2) is 60.8 Å². The van der Waals surface area contributed by atoms with Crippen molar-refractivity contribution in [1.29, 1.82) is 0 Å². The monoisotopic (exact) mass is 392 g/mol. The highest BCUT2D eigenvalue weighted by atomic mass is 16.6. The Morgan fingerprint density at radius 2 is 1.72 bits per heavy atom. The van der Waals surface area contributed by atoms with Gasteiger partial charge >= 0.3 is 0 Å². The summed E-state index contributed by atoms with van der Waals surface area (Å²) in [6.07, 6.45) is 2.69. The van der Waals surface area contributed by atoms with Gasteiger partial charge in [0, 0.05) is 23.4 Å². The van der Waals surface area contributed by atoms with E-state index < -0.39 is 27.1 Å². The van der Waals surface area contributed by atoms with Crippen molar-refractivity contribution in [2.45, 2.75) is 13.3 Å². The Hall–Kier alpha value is -4.14. The number of hydrogen-bond acceptors (Lipinski definition) is 6. The number of nitrogens with one attached hydrogen (secondary N) is 1. The lowest BCUT2D eigenvalue weighted by atomic mass is 10.1. The van der Waals surface area contributed by atoms with Crippen molar-refractivity contribution in [2.75, 3.05) is 5.32 Å². The lowest BCUT2D eigenvalue weighted by molar-refractivity contribution is -0.393. The van der Waals surface area contributed by atoms with Crippen molar-refractivity contribution in [2.24, 2.45) is 0 Å². The summed E-state index contributed by atoms with van der Waals surface area (Å²) in [6, 6.07) is 13.5. The summed E-state index contributed by atoms with van der Waals surface area (Å²) in [7, 11) is 0. The molecule has 0 spiro atoms. The minimum Gasteiger partial charge on any atom is -0.316 e. The van der Waals surface area contributed by atoms with Gasteiger partial charge in [0.25, 0.3) is 17.3 Å². The Labute approximate surface area is 165 Å². The predicted molar refractivity (Wildman–Crippen MR) is 107 cm³/mol. The second-order valence-corrected chi connectivity index (χ2v) is 6.15. The Kier molecular flexibility index (Phi) is 5.59. The summed E-state index contributed by atoms with van der Waals surface area (Å²) >= 11 is 0. The number of anilines is 1. The van der Waals surface area contributed by atoms with Gasteiger partial charge in [-0.2, -0.15) is 0 Å². The van der Waals surface area contributed by atoms with Gasteiger partial charge in [0.05, 0.1) is 21.6 Å². The van der Waals surface area contributed by atoms with E-state index in [0.29, 0.717) is 0 Å². The first-order chi connectivity index (χ1) is 13.9. The summed E-state index contributed by atoms with van der Waals surface area (Å²) in [6.45, 7) is 2.04. The number of aryl methyl sites for hydroxylation is 1. The maximum Gasteiger partial charge on any atom is 0.299 e. The molecule has 1 aromatic heterocycles. The van der Waals surface area contributed by atoms with Crippen LogP contribution in [0.3, 0.4) is 0 Å². The number of benzene rings is 2. The quantitative estimate of drug-likeness (QED) is 0.490. The molecule has 1 N–H and O–H groups in total. The summed E-state index contributed by atoms with van der Waals surface area (Å²) < 4.78 is 0. The Bertz CT molecular complexity index is 1080. The molecule has 0 unspecified atom stereocenters. The van der Waals surface area contributed by atoms with Gasteiger partial charge in [0.15, 0.2) is 0 Å². The van der Waals surface area contributed by atoms with Crippen molar-refractivity contribution in [1.82, 2.24) is 4.98 Å². The fraction of sp³-hybridized carbons (Fsp3) is 0.100. The first-order valence-electron chi connectivity index (χ1n) is 8.68. The van der Waals surface area contributed by atoms with Gasteiger partial charge in [0.2, 0.25) is 0 Å². The molecule has 0 radical (unpaired) electrons. The maximum atomic E-state index is 12.5. The van der Waals surface area contributed by atoms with Crippen molar-refractivity contribution in [3.63, 3.8) is 0 Å². The molecule has 1 heterocycles. The van der Waals surface area contributed by atoms with E-state index in [1.165, 1.54) is 0 Å². The van der Waals surface area contributed by atoms with Crippen LogP contribution in [0.4, 0.5) is 17.1 Å². The molecular formula is C20H16N4O5. The average molecular weight is 392 g/mol. The zero-order valence-corrected chi connectivity index (χ0v) is 15.4. The second-order valence-electron chi connectivity index (χ2n) is 6.15. The number of aromatic nitrogens is 1. The lowest BCUT2D eigenvalue weighted by Gasteiger charge is -2.07. The maximum absolute atomic E-state index is 12.5. The molecule has 3 rings (SSSR count). The van der Waals surface area contributed by atoms with Crippen LogP contribution < -0.4 is 5.32 Å². The van der Waals surface area contributed by atoms with Gasteiger partial charge < -0.3 is 5.32 Å². The Morgan fingerprint density at radius 1 is 1.00 bits per heavy atom. The first-order valence-corrected chi connectivity index (χ1v) is 8.68. The molecule has 146 valence electrons. The number of carbonyl (C=O) groups excluding carboxylic acids is 1. The standard InChI is InChI=1S/C20H16N4O5/c1-2-13-3-9-17(21-12-13)14-4-6-15(7-5-14)20(25)22-18-10-8-16(23(26)27)11-19(18)24(28)29/h3-12H,2H2,1H3,(H,22,25). The van der Waals surface area contributed by atoms with Crippen LogP contribution in [-0.2, 0) is 6.42 Å². The van der Waals surface area contributed by atoms with E-state index in [1.54, 1.807) is 30.5 Å². The third-order valence-electron chi connectivity index (χ3n) is 4.31. The fourth-order valence-corrected chi connectivity index (χ4v) is 2.68. The third-order valence-corrected chi connectivity index (χ3v) is 4.31. The fourth-order valence-electron chi connectivity index (χ4n) is 2.68. The summed E-state index contributed by atoms with van der Waals surface area (Å²) in [4.78, 5) is 37.3. The molecule has 0 saturated heterocycles. The van der Waals surface area contributed by atoms with Crippen molar-refractivity contribution in [3.05, 3.63) is 92.1 Å². The number of nitrogens with zero attached hydrogens (tertiary/aromatic N) is 3. The summed E-state index contributed by atoms with van der Waals surface area (Å²) in [5, 5.41) is 24.4. The van der Waals surface area contributed by atoms with Gasteiger partial charge in [-0.15, -0.1) is 0 Å². The normalized spacial score (nSPS) is 10.4. The minimum absolute atomic E-state index is 0.119. The molecule has 0 saturated carbocycles. The molecule has 1 amide bonds. The van der Waals surface area contributed by atoms with Crippen molar-refractivity contribution in [3.8, 4) is 11.3 Å². The van der Waals surface area contributed by atoms with E-state index in [1.807, 2.05) is 19.1 Å². The number of carbonyl (C=O) groups is 1. The van der Waals surface area contributed by atoms with E-state index in [4.69, 9.17) is 0 Å². The zero-order chi connectivity index (χ0) is 21.0. The van der Waals surface area contributed by atoms with Crippen molar-refractivity contribution >= 4 is 23.0 Å². The van der Waals surface area contributed by atoms with Crippen LogP contribution in [0, 0.1) is 20.2 Å². The van der Waals surface area contributed by atoms with Crippen LogP contribution in [0.5, 0.6) is 0 Å². The van der Waals surface area contributed by atoms with E-state index in [0.717, 1.165) is 41.4 Å². The molecule has 3 aromatic rings. The minimum atomic E-state index is -0.780. The Morgan fingerprint density at radius 3 is 2.28 bits per heavy atom. The molecule has 0 bridgehead atoms. The second kappa shape index (κ2) is 8.26. The number of nitro groups is 2. The number of hydrogen-bond donors (Lipinski definition) is 1. The molecule has 9 nitrogen and oxygen atoms in total. The number of rotatable bonds is 6. The Balaban J connectivity index is 1.80. The van der Waals surface area contributed by atoms with Crippen LogP contribution in [0.1, 0.15) is 22.8 Å². The van der Waals surface area contributed by atoms with Gasteiger partial charge in [-0.1, -0.05) is 25.1 Å². The van der Waals surface area contributed by atoms with Crippen LogP contribution in [0.25, 0.3) is 11.3 Å². The van der Waals surface area contributed by atoms with Gasteiger partial charge in [-0.25, -0.2) is 0 Å². The highest BCUT2D eigenvalue weighted by Crippen LogP contribution is 2.29. The van der Waals surface area contributed by atoms with Gasteiger partial charge in [-0.3, -0.25) is 30.0 Å².